The third-order valence-electron chi connectivity index (χ3n) is 5.56. The highest BCUT2D eigenvalue weighted by Gasteiger charge is 2.26. The maximum Gasteiger partial charge on any atom is 0.291 e. The predicted octanol–water partition coefficient (Wildman–Crippen LogP) is 4.49. The van der Waals surface area contributed by atoms with Crippen LogP contribution in [0.15, 0.2) is 47.1 Å². The van der Waals surface area contributed by atoms with Gasteiger partial charge in [0.2, 0.25) is 0 Å². The lowest BCUT2D eigenvalue weighted by Crippen LogP contribution is -2.27. The highest BCUT2D eigenvalue weighted by Crippen LogP contribution is 2.38. The molecule has 2 heterocycles. The Kier molecular flexibility index (Phi) is 7.76. The van der Waals surface area contributed by atoms with Gasteiger partial charge in [0.15, 0.2) is 5.76 Å². The second kappa shape index (κ2) is 11.1. The molecular weight excluding hydrogens is 454 g/mol. The molecule has 0 unspecified atom stereocenters. The van der Waals surface area contributed by atoms with Gasteiger partial charge in [-0.05, 0) is 68.0 Å². The molecule has 4 rings (SSSR count). The third-order valence-corrected chi connectivity index (χ3v) is 6.77. The number of carbonyl (C=O) groups excluding carboxylic acids is 3. The van der Waals surface area contributed by atoms with Gasteiger partial charge >= 0.3 is 0 Å². The smallest absolute Gasteiger partial charge is 0.291 e. The lowest BCUT2D eigenvalue weighted by Gasteiger charge is -2.13. The topological polar surface area (TPSA) is 110 Å². The predicted molar refractivity (Wildman–Crippen MR) is 131 cm³/mol. The first-order valence-corrected chi connectivity index (χ1v) is 12.1. The number of thiophene rings is 1. The van der Waals surface area contributed by atoms with E-state index in [1.165, 1.54) is 17.6 Å². The summed E-state index contributed by atoms with van der Waals surface area (Å²) in [7, 11) is 1.63. The number of fused-ring (bicyclic) bond motifs is 1. The Balaban J connectivity index is 1.51. The minimum atomic E-state index is -0.402. The van der Waals surface area contributed by atoms with Gasteiger partial charge in [0.05, 0.1) is 11.8 Å². The summed E-state index contributed by atoms with van der Waals surface area (Å²) in [6.45, 7) is 1.07. The molecule has 8 nitrogen and oxygen atoms in total. The van der Waals surface area contributed by atoms with Crippen LogP contribution in [-0.4, -0.2) is 38.0 Å². The van der Waals surface area contributed by atoms with Crippen molar-refractivity contribution < 1.29 is 23.5 Å². The van der Waals surface area contributed by atoms with Crippen molar-refractivity contribution in [1.82, 2.24) is 5.32 Å². The molecule has 0 atom stereocenters. The van der Waals surface area contributed by atoms with Crippen LogP contribution >= 0.6 is 11.3 Å². The van der Waals surface area contributed by atoms with Crippen molar-refractivity contribution in [2.45, 2.75) is 32.1 Å². The fourth-order valence-electron chi connectivity index (χ4n) is 3.91. The van der Waals surface area contributed by atoms with Gasteiger partial charge in [0.1, 0.15) is 5.00 Å². The second-order valence-electron chi connectivity index (χ2n) is 7.98. The number of anilines is 2. The molecule has 1 aromatic carbocycles. The second-order valence-corrected chi connectivity index (χ2v) is 9.09. The number of ether oxygens (including phenoxy) is 1. The summed E-state index contributed by atoms with van der Waals surface area (Å²) in [5.74, 6) is -0.743. The van der Waals surface area contributed by atoms with E-state index in [1.54, 1.807) is 43.5 Å². The maximum absolute atomic E-state index is 13.1. The van der Waals surface area contributed by atoms with Crippen LogP contribution in [0.25, 0.3) is 0 Å². The highest BCUT2D eigenvalue weighted by atomic mass is 32.1. The van der Waals surface area contributed by atoms with Gasteiger partial charge in [-0.25, -0.2) is 0 Å². The van der Waals surface area contributed by atoms with Crippen LogP contribution in [0, 0.1) is 0 Å². The summed E-state index contributed by atoms with van der Waals surface area (Å²) >= 11 is 1.47. The van der Waals surface area contributed by atoms with Crippen molar-refractivity contribution in [3.05, 3.63) is 70.0 Å². The number of aryl methyl sites for hydroxylation is 1. The zero-order chi connectivity index (χ0) is 23.9. The third kappa shape index (κ3) is 5.55. The fourth-order valence-corrected chi connectivity index (χ4v) is 5.20. The van der Waals surface area contributed by atoms with Crippen molar-refractivity contribution in [1.29, 1.82) is 0 Å². The monoisotopic (exact) mass is 481 g/mol. The molecular formula is C25H27N3O5S. The molecule has 0 spiro atoms. The molecule has 0 bridgehead atoms. The van der Waals surface area contributed by atoms with Gasteiger partial charge in [0.25, 0.3) is 17.7 Å². The first kappa shape index (κ1) is 23.7. The number of hydrogen-bond donors (Lipinski definition) is 3. The average molecular weight is 482 g/mol. The summed E-state index contributed by atoms with van der Waals surface area (Å²) in [6, 6.07) is 9.83. The number of nitrogens with one attached hydrogen (secondary N) is 3. The molecule has 2 aromatic heterocycles. The van der Waals surface area contributed by atoms with Crippen LogP contribution in [0.3, 0.4) is 0 Å². The Morgan fingerprint density at radius 1 is 1.03 bits per heavy atom. The van der Waals surface area contributed by atoms with E-state index >= 15 is 0 Å². The van der Waals surface area contributed by atoms with Gasteiger partial charge in [-0.2, -0.15) is 0 Å². The Morgan fingerprint density at radius 2 is 1.88 bits per heavy atom. The van der Waals surface area contributed by atoms with E-state index in [0.717, 1.165) is 36.1 Å². The number of rotatable bonds is 9. The molecule has 3 aromatic rings. The molecule has 3 N–H and O–H groups in total. The van der Waals surface area contributed by atoms with Crippen LogP contribution in [-0.2, 0) is 17.6 Å². The van der Waals surface area contributed by atoms with E-state index in [-0.39, 0.29) is 17.6 Å². The molecule has 1 aliphatic rings. The highest BCUT2D eigenvalue weighted by molar-refractivity contribution is 7.17. The van der Waals surface area contributed by atoms with Crippen molar-refractivity contribution in [2.24, 2.45) is 0 Å². The van der Waals surface area contributed by atoms with E-state index in [9.17, 15) is 14.4 Å². The van der Waals surface area contributed by atoms with Crippen molar-refractivity contribution in [3.8, 4) is 0 Å². The molecule has 1 aliphatic carbocycles. The van der Waals surface area contributed by atoms with Crippen LogP contribution in [0.4, 0.5) is 10.7 Å². The quantitative estimate of drug-likeness (QED) is 0.390. The Labute approximate surface area is 201 Å². The molecule has 0 radical (unpaired) electrons. The molecule has 9 heteroatoms. The fraction of sp³-hybridized carbons (Fsp3) is 0.320. The first-order chi connectivity index (χ1) is 16.6. The maximum atomic E-state index is 13.1. The number of amides is 3. The van der Waals surface area contributed by atoms with Crippen LogP contribution < -0.4 is 16.0 Å². The average Bonchev–Trinajstić information content (AvgIpc) is 3.50. The molecule has 178 valence electrons. The Morgan fingerprint density at radius 3 is 2.68 bits per heavy atom. The SMILES string of the molecule is COCCCNC(=O)c1c(NC(=O)c2cccc(NC(=O)c3ccco3)c2)sc2c1CCCC2. The standard InChI is InChI=1S/C25H27N3O5S/c1-32-13-6-12-26-24(31)21-18-9-2-3-11-20(18)34-25(21)28-22(29)16-7-4-8-17(15-16)27-23(30)19-10-5-14-33-19/h4-5,7-8,10,14-15H,2-3,6,9,11-13H2,1H3,(H,26,31)(H,27,30)(H,28,29). The van der Waals surface area contributed by atoms with Crippen LogP contribution in [0.2, 0.25) is 0 Å². The number of carbonyl (C=O) groups is 3. The molecule has 0 saturated carbocycles. The van der Waals surface area contributed by atoms with E-state index < -0.39 is 5.91 Å². The van der Waals surface area contributed by atoms with Crippen LogP contribution in [0.5, 0.6) is 0 Å². The molecule has 0 saturated heterocycles. The minimum Gasteiger partial charge on any atom is -0.459 e. The summed E-state index contributed by atoms with van der Waals surface area (Å²) in [5, 5.41) is 9.17. The largest absolute Gasteiger partial charge is 0.459 e. The number of furan rings is 1. The van der Waals surface area contributed by atoms with Gasteiger partial charge < -0.3 is 25.1 Å². The lowest BCUT2D eigenvalue weighted by molar-refractivity contribution is 0.0947. The summed E-state index contributed by atoms with van der Waals surface area (Å²) in [6.07, 6.45) is 5.98. The number of benzene rings is 1. The normalized spacial score (nSPS) is 12.6. The molecule has 34 heavy (non-hydrogen) atoms. The zero-order valence-corrected chi connectivity index (χ0v) is 19.8. The van der Waals surface area contributed by atoms with Crippen LogP contribution in [0.1, 0.15) is 61.0 Å². The van der Waals surface area contributed by atoms with Gasteiger partial charge in [-0.1, -0.05) is 6.07 Å². The van der Waals surface area contributed by atoms with E-state index in [0.29, 0.717) is 41.4 Å². The summed E-state index contributed by atoms with van der Waals surface area (Å²) < 4.78 is 10.2. The zero-order valence-electron chi connectivity index (χ0n) is 18.9. The first-order valence-electron chi connectivity index (χ1n) is 11.2. The molecule has 3 amide bonds. The Hall–Kier alpha value is -3.43. The molecule has 0 fully saturated rings. The van der Waals surface area contributed by atoms with Crippen molar-refractivity contribution >= 4 is 39.7 Å². The summed E-state index contributed by atoms with van der Waals surface area (Å²) in [4.78, 5) is 39.5. The van der Waals surface area contributed by atoms with Crippen molar-refractivity contribution in [2.75, 3.05) is 30.9 Å². The van der Waals surface area contributed by atoms with Gasteiger partial charge in [-0.3, -0.25) is 14.4 Å². The molecule has 0 aliphatic heterocycles. The minimum absolute atomic E-state index is 0.176. The van der Waals surface area contributed by atoms with Gasteiger partial charge in [-0.15, -0.1) is 11.3 Å². The lowest BCUT2D eigenvalue weighted by atomic mass is 9.95. The van der Waals surface area contributed by atoms with E-state index in [2.05, 4.69) is 16.0 Å². The van der Waals surface area contributed by atoms with E-state index in [1.807, 2.05) is 0 Å². The van der Waals surface area contributed by atoms with Gasteiger partial charge in [0, 0.05) is 36.4 Å². The summed E-state index contributed by atoms with van der Waals surface area (Å²) in [5.41, 5.74) is 2.44. The van der Waals surface area contributed by atoms with Crippen molar-refractivity contribution in [3.63, 3.8) is 0 Å². The number of hydrogen-bond acceptors (Lipinski definition) is 6. The van der Waals surface area contributed by atoms with E-state index in [4.69, 9.17) is 9.15 Å². The number of methoxy groups -OCH3 is 1. The Bertz CT molecular complexity index is 1170.